The molecule has 0 aliphatic carbocycles. The van der Waals surface area contributed by atoms with Gasteiger partial charge in [0, 0.05) is 10.0 Å². The Kier molecular flexibility index (Phi) is 6.89. The molecule has 0 saturated carbocycles. The summed E-state index contributed by atoms with van der Waals surface area (Å²) >= 11 is 3.39. The van der Waals surface area contributed by atoms with Gasteiger partial charge in [0.25, 0.3) is 0 Å². The van der Waals surface area contributed by atoms with Crippen molar-refractivity contribution in [2.24, 2.45) is 0 Å². The number of aryl methyl sites for hydroxylation is 1. The van der Waals surface area contributed by atoms with Gasteiger partial charge in [0.2, 0.25) is 15.9 Å². The molecule has 1 amide bonds. The van der Waals surface area contributed by atoms with Crippen molar-refractivity contribution in [1.29, 1.82) is 0 Å². The molecule has 0 radical (unpaired) electrons. The second kappa shape index (κ2) is 8.75. The number of anilines is 1. The van der Waals surface area contributed by atoms with Crippen LogP contribution in [-0.4, -0.2) is 34.2 Å². The lowest BCUT2D eigenvalue weighted by atomic mass is 10.1. The summed E-state index contributed by atoms with van der Waals surface area (Å²) in [6, 6.07) is 12.2. The molecule has 6 nitrogen and oxygen atoms in total. The van der Waals surface area contributed by atoms with Crippen LogP contribution < -0.4 is 14.4 Å². The van der Waals surface area contributed by atoms with Crippen LogP contribution in [0.4, 0.5) is 5.69 Å². The van der Waals surface area contributed by atoms with E-state index in [-0.39, 0.29) is 12.6 Å². The van der Waals surface area contributed by atoms with E-state index in [1.807, 2.05) is 38.1 Å². The number of hydrogen-bond acceptors (Lipinski definition) is 4. The number of methoxy groups -OCH3 is 1. The summed E-state index contributed by atoms with van der Waals surface area (Å²) in [5.41, 5.74) is 2.14. The minimum absolute atomic E-state index is 0.306. The number of sulfonamides is 1. The monoisotopic (exact) mass is 454 g/mol. The van der Waals surface area contributed by atoms with E-state index < -0.39 is 15.9 Å². The summed E-state index contributed by atoms with van der Waals surface area (Å²) in [5.74, 6) is 0.258. The number of amides is 1. The molecule has 0 heterocycles. The fourth-order valence-electron chi connectivity index (χ4n) is 2.70. The smallest absolute Gasteiger partial charge is 0.241 e. The maximum absolute atomic E-state index is 12.5. The highest BCUT2D eigenvalue weighted by Crippen LogP contribution is 2.26. The second-order valence-corrected chi connectivity index (χ2v) is 9.00. The van der Waals surface area contributed by atoms with Crippen molar-refractivity contribution in [1.82, 2.24) is 5.32 Å². The van der Waals surface area contributed by atoms with Gasteiger partial charge in [-0.15, -0.1) is 0 Å². The molecule has 8 heteroatoms. The van der Waals surface area contributed by atoms with Gasteiger partial charge in [-0.1, -0.05) is 34.1 Å². The molecule has 0 aliphatic rings. The van der Waals surface area contributed by atoms with Gasteiger partial charge < -0.3 is 10.1 Å². The number of nitrogens with one attached hydrogen (secondary N) is 1. The van der Waals surface area contributed by atoms with E-state index in [0.717, 1.165) is 26.2 Å². The fourth-order valence-corrected chi connectivity index (χ4v) is 3.80. The third-order valence-electron chi connectivity index (χ3n) is 4.10. The largest absolute Gasteiger partial charge is 0.496 e. The number of para-hydroxylation sites is 1. The predicted molar refractivity (Wildman–Crippen MR) is 111 cm³/mol. The van der Waals surface area contributed by atoms with Gasteiger partial charge in [-0.2, -0.15) is 0 Å². The van der Waals surface area contributed by atoms with Crippen LogP contribution in [-0.2, 0) is 14.8 Å². The predicted octanol–water partition coefficient (Wildman–Crippen LogP) is 3.41. The molecule has 0 fully saturated rings. The molecule has 1 atom stereocenters. The number of hydrogen-bond donors (Lipinski definition) is 1. The molecule has 2 aromatic rings. The van der Waals surface area contributed by atoms with E-state index >= 15 is 0 Å². The summed E-state index contributed by atoms with van der Waals surface area (Å²) < 4.78 is 31.7. The van der Waals surface area contributed by atoms with Crippen LogP contribution in [0.5, 0.6) is 5.75 Å². The van der Waals surface area contributed by atoms with E-state index in [1.165, 1.54) is 0 Å². The van der Waals surface area contributed by atoms with Crippen molar-refractivity contribution in [2.75, 3.05) is 24.2 Å². The molecule has 1 unspecified atom stereocenters. The number of halogens is 1. The van der Waals surface area contributed by atoms with E-state index in [1.54, 1.807) is 25.3 Å². The lowest BCUT2D eigenvalue weighted by Gasteiger charge is -2.24. The lowest BCUT2D eigenvalue weighted by molar-refractivity contribution is -0.120. The summed E-state index contributed by atoms with van der Waals surface area (Å²) in [7, 11) is -2.06. The highest BCUT2D eigenvalue weighted by molar-refractivity contribution is 9.10. The first-order valence-electron chi connectivity index (χ1n) is 8.29. The molecular formula is C19H23BrN2O4S. The third kappa shape index (κ3) is 5.46. The van der Waals surface area contributed by atoms with Crippen LogP contribution in [0.2, 0.25) is 0 Å². The SMILES string of the molecule is COc1ccccc1C(C)NC(=O)CN(c1ccc(Br)c(C)c1)S(C)(=O)=O. The molecule has 1 N–H and O–H groups in total. The van der Waals surface area contributed by atoms with Crippen LogP contribution in [0.25, 0.3) is 0 Å². The highest BCUT2D eigenvalue weighted by Gasteiger charge is 2.23. The van der Waals surface area contributed by atoms with E-state index in [4.69, 9.17) is 4.74 Å². The zero-order valence-corrected chi connectivity index (χ0v) is 18.1. The van der Waals surface area contributed by atoms with Gasteiger partial charge in [-0.3, -0.25) is 9.10 Å². The molecular weight excluding hydrogens is 432 g/mol. The number of nitrogens with zero attached hydrogens (tertiary/aromatic N) is 1. The summed E-state index contributed by atoms with van der Waals surface area (Å²) in [4.78, 5) is 12.5. The number of rotatable bonds is 7. The first-order valence-corrected chi connectivity index (χ1v) is 10.9. The van der Waals surface area contributed by atoms with Crippen molar-refractivity contribution in [3.8, 4) is 5.75 Å². The zero-order valence-electron chi connectivity index (χ0n) is 15.7. The minimum Gasteiger partial charge on any atom is -0.496 e. The Labute approximate surface area is 168 Å². The first kappa shape index (κ1) is 21.2. The normalized spacial score (nSPS) is 12.3. The van der Waals surface area contributed by atoms with Crippen LogP contribution in [0.1, 0.15) is 24.1 Å². The number of carbonyl (C=O) groups is 1. The van der Waals surface area contributed by atoms with Crippen molar-refractivity contribution < 1.29 is 17.9 Å². The third-order valence-corrected chi connectivity index (χ3v) is 6.13. The van der Waals surface area contributed by atoms with Crippen molar-refractivity contribution in [3.05, 3.63) is 58.1 Å². The Morgan fingerprint density at radius 2 is 1.93 bits per heavy atom. The number of ether oxygens (including phenoxy) is 1. The average molecular weight is 455 g/mol. The first-order chi connectivity index (χ1) is 12.6. The van der Waals surface area contributed by atoms with Gasteiger partial charge in [0.05, 0.1) is 25.1 Å². The molecule has 146 valence electrons. The summed E-state index contributed by atoms with van der Waals surface area (Å²) in [6.45, 7) is 3.38. The second-order valence-electron chi connectivity index (χ2n) is 6.23. The molecule has 2 rings (SSSR count). The Morgan fingerprint density at radius 1 is 1.26 bits per heavy atom. The van der Waals surface area contributed by atoms with Gasteiger partial charge in [-0.05, 0) is 43.7 Å². The molecule has 27 heavy (non-hydrogen) atoms. The molecule has 0 spiro atoms. The van der Waals surface area contributed by atoms with Gasteiger partial charge in [-0.25, -0.2) is 8.42 Å². The van der Waals surface area contributed by atoms with Crippen LogP contribution in [0.15, 0.2) is 46.9 Å². The van der Waals surface area contributed by atoms with Gasteiger partial charge in [0.1, 0.15) is 12.3 Å². The Hall–Kier alpha value is -2.06. The van der Waals surface area contributed by atoms with Crippen molar-refractivity contribution in [2.45, 2.75) is 19.9 Å². The Balaban J connectivity index is 2.20. The van der Waals surface area contributed by atoms with Gasteiger partial charge >= 0.3 is 0 Å². The molecule has 0 aliphatic heterocycles. The quantitative estimate of drug-likeness (QED) is 0.695. The van der Waals surface area contributed by atoms with Gasteiger partial charge in [0.15, 0.2) is 0 Å². The zero-order chi connectivity index (χ0) is 20.2. The van der Waals surface area contributed by atoms with E-state index in [2.05, 4.69) is 21.2 Å². The van der Waals surface area contributed by atoms with Crippen molar-refractivity contribution in [3.63, 3.8) is 0 Å². The average Bonchev–Trinajstić information content (AvgIpc) is 2.61. The number of benzene rings is 2. The maximum Gasteiger partial charge on any atom is 0.241 e. The van der Waals surface area contributed by atoms with Crippen LogP contribution >= 0.6 is 15.9 Å². The topological polar surface area (TPSA) is 75.7 Å². The Morgan fingerprint density at radius 3 is 2.52 bits per heavy atom. The van der Waals surface area contributed by atoms with E-state index in [0.29, 0.717) is 11.4 Å². The van der Waals surface area contributed by atoms with Crippen molar-refractivity contribution >= 4 is 37.5 Å². The molecule has 0 saturated heterocycles. The van der Waals surface area contributed by atoms with E-state index in [9.17, 15) is 13.2 Å². The molecule has 0 bridgehead atoms. The number of carbonyl (C=O) groups excluding carboxylic acids is 1. The standard InChI is InChI=1S/C19H23BrN2O4S/c1-13-11-15(9-10-17(13)20)22(27(4,24)25)12-19(23)21-14(2)16-7-5-6-8-18(16)26-3/h5-11,14H,12H2,1-4H3,(H,21,23). The summed E-state index contributed by atoms with van der Waals surface area (Å²) in [5, 5.41) is 2.83. The maximum atomic E-state index is 12.5. The summed E-state index contributed by atoms with van der Waals surface area (Å²) in [6.07, 6.45) is 1.08. The molecule has 0 aromatic heterocycles. The van der Waals surface area contributed by atoms with Crippen LogP contribution in [0, 0.1) is 6.92 Å². The minimum atomic E-state index is -3.62. The fraction of sp³-hybridized carbons (Fsp3) is 0.316. The Bertz CT molecular complexity index is 931. The van der Waals surface area contributed by atoms with Crippen LogP contribution in [0.3, 0.4) is 0 Å². The lowest BCUT2D eigenvalue weighted by Crippen LogP contribution is -2.41. The highest BCUT2D eigenvalue weighted by atomic mass is 79.9. The molecule has 2 aromatic carbocycles.